The van der Waals surface area contributed by atoms with Crippen molar-refractivity contribution in [2.45, 2.75) is 25.9 Å². The third-order valence-electron chi connectivity index (χ3n) is 4.85. The van der Waals surface area contributed by atoms with Gasteiger partial charge in [0.2, 0.25) is 5.91 Å². The smallest absolute Gasteiger partial charge is 0.318 e. The van der Waals surface area contributed by atoms with Crippen molar-refractivity contribution >= 4 is 17.6 Å². The summed E-state index contributed by atoms with van der Waals surface area (Å²) in [5.74, 6) is -0.479. The summed E-state index contributed by atoms with van der Waals surface area (Å²) in [4.78, 5) is 28.3. The molecule has 6 nitrogen and oxygen atoms in total. The van der Waals surface area contributed by atoms with Gasteiger partial charge in [-0.15, -0.1) is 0 Å². The maximum Gasteiger partial charge on any atom is 0.318 e. The van der Waals surface area contributed by atoms with Gasteiger partial charge < -0.3 is 19.9 Å². The zero-order valence-electron chi connectivity index (χ0n) is 16.2. The lowest BCUT2D eigenvalue weighted by Crippen LogP contribution is -2.49. The van der Waals surface area contributed by atoms with Gasteiger partial charge in [-0.1, -0.05) is 24.3 Å². The number of halogens is 1. The van der Waals surface area contributed by atoms with Crippen LogP contribution in [-0.4, -0.2) is 43.6 Å². The number of rotatable bonds is 5. The van der Waals surface area contributed by atoms with Crippen LogP contribution < -0.4 is 15.0 Å². The molecule has 0 saturated heterocycles. The van der Waals surface area contributed by atoms with Crippen LogP contribution in [-0.2, 0) is 17.8 Å². The minimum absolute atomic E-state index is 0.151. The number of hydrogen-bond donors (Lipinski definition) is 1. The van der Waals surface area contributed by atoms with Crippen LogP contribution in [0.4, 0.5) is 14.9 Å². The maximum atomic E-state index is 13.8. The lowest BCUT2D eigenvalue weighted by molar-refractivity contribution is -0.119. The van der Waals surface area contributed by atoms with E-state index in [4.69, 9.17) is 4.74 Å². The van der Waals surface area contributed by atoms with Gasteiger partial charge in [-0.3, -0.25) is 4.79 Å². The Kier molecular flexibility index (Phi) is 5.82. The average Bonchev–Trinajstić information content (AvgIpc) is 3.11. The summed E-state index contributed by atoms with van der Waals surface area (Å²) in [5, 5.41) is 2.72. The number of nitrogens with one attached hydrogen (secondary N) is 1. The van der Waals surface area contributed by atoms with Crippen molar-refractivity contribution < 1.29 is 18.7 Å². The molecule has 3 rings (SSSR count). The van der Waals surface area contributed by atoms with Crippen molar-refractivity contribution in [3.63, 3.8) is 0 Å². The van der Waals surface area contributed by atoms with E-state index >= 15 is 0 Å². The van der Waals surface area contributed by atoms with Crippen LogP contribution in [0.3, 0.4) is 0 Å². The number of urea groups is 1. The molecule has 1 aliphatic heterocycles. The summed E-state index contributed by atoms with van der Waals surface area (Å²) in [6, 6.07) is 11.3. The molecule has 1 aliphatic rings. The highest BCUT2D eigenvalue weighted by Crippen LogP contribution is 2.27. The van der Waals surface area contributed by atoms with Crippen molar-refractivity contribution in [3.8, 4) is 5.75 Å². The fourth-order valence-electron chi connectivity index (χ4n) is 3.31. The molecule has 148 valence electrons. The van der Waals surface area contributed by atoms with Gasteiger partial charge >= 0.3 is 6.03 Å². The first-order chi connectivity index (χ1) is 13.4. The van der Waals surface area contributed by atoms with Gasteiger partial charge in [0, 0.05) is 25.8 Å². The van der Waals surface area contributed by atoms with E-state index in [9.17, 15) is 14.0 Å². The molecule has 0 bridgehead atoms. The SMILES string of the molecule is COc1ccc(CN(C)C(=O)NC(C)C(=O)N2CCc3ccccc32)cc1F. The van der Waals surface area contributed by atoms with E-state index in [1.54, 1.807) is 24.9 Å². The summed E-state index contributed by atoms with van der Waals surface area (Å²) in [6.45, 7) is 2.49. The van der Waals surface area contributed by atoms with Crippen LogP contribution in [0.1, 0.15) is 18.1 Å². The third kappa shape index (κ3) is 4.08. The number of hydrogen-bond acceptors (Lipinski definition) is 3. The molecule has 28 heavy (non-hydrogen) atoms. The van der Waals surface area contributed by atoms with Gasteiger partial charge in [0.25, 0.3) is 0 Å². The number of carbonyl (C=O) groups is 2. The molecular weight excluding hydrogens is 361 g/mol. The van der Waals surface area contributed by atoms with E-state index < -0.39 is 17.9 Å². The largest absolute Gasteiger partial charge is 0.494 e. The van der Waals surface area contributed by atoms with Crippen LogP contribution >= 0.6 is 0 Å². The van der Waals surface area contributed by atoms with Crippen LogP contribution in [0.2, 0.25) is 0 Å². The first-order valence-electron chi connectivity index (χ1n) is 9.14. The number of ether oxygens (including phenoxy) is 1. The van der Waals surface area contributed by atoms with Crippen LogP contribution in [0.5, 0.6) is 5.75 Å². The van der Waals surface area contributed by atoms with E-state index in [-0.39, 0.29) is 18.2 Å². The number of nitrogens with zero attached hydrogens (tertiary/aromatic N) is 2. The number of benzene rings is 2. The second-order valence-corrected chi connectivity index (χ2v) is 6.86. The minimum atomic E-state index is -0.672. The zero-order chi connectivity index (χ0) is 20.3. The average molecular weight is 385 g/mol. The van der Waals surface area contributed by atoms with E-state index in [1.165, 1.54) is 24.1 Å². The monoisotopic (exact) mass is 385 g/mol. The molecule has 0 radical (unpaired) electrons. The molecule has 0 spiro atoms. The van der Waals surface area contributed by atoms with Crippen molar-refractivity contribution in [2.24, 2.45) is 0 Å². The minimum Gasteiger partial charge on any atom is -0.494 e. The predicted octanol–water partition coefficient (Wildman–Crippen LogP) is 2.95. The molecule has 0 aliphatic carbocycles. The summed E-state index contributed by atoms with van der Waals surface area (Å²) in [6.07, 6.45) is 0.811. The molecular formula is C21H24FN3O3. The topological polar surface area (TPSA) is 61.9 Å². The Morgan fingerprint density at radius 2 is 2.04 bits per heavy atom. The highest BCUT2D eigenvalue weighted by molar-refractivity contribution is 6.00. The Balaban J connectivity index is 1.59. The van der Waals surface area contributed by atoms with Crippen molar-refractivity contribution in [1.82, 2.24) is 10.2 Å². The van der Waals surface area contributed by atoms with E-state index in [0.717, 1.165) is 17.7 Å². The Labute approximate surface area is 163 Å². The quantitative estimate of drug-likeness (QED) is 0.861. The molecule has 0 fully saturated rings. The molecule has 1 atom stereocenters. The molecule has 0 aromatic heterocycles. The fourth-order valence-corrected chi connectivity index (χ4v) is 3.31. The number of anilines is 1. The van der Waals surface area contributed by atoms with E-state index in [2.05, 4.69) is 5.32 Å². The van der Waals surface area contributed by atoms with Crippen molar-refractivity contribution in [2.75, 3.05) is 25.6 Å². The first-order valence-corrected chi connectivity index (χ1v) is 9.14. The molecule has 7 heteroatoms. The van der Waals surface area contributed by atoms with E-state index in [0.29, 0.717) is 12.1 Å². The zero-order valence-corrected chi connectivity index (χ0v) is 16.2. The summed E-state index contributed by atoms with van der Waals surface area (Å²) < 4.78 is 18.7. The molecule has 3 amide bonds. The second-order valence-electron chi connectivity index (χ2n) is 6.86. The normalized spacial score (nSPS) is 13.6. The highest BCUT2D eigenvalue weighted by atomic mass is 19.1. The Morgan fingerprint density at radius 3 is 2.75 bits per heavy atom. The fraction of sp³-hybridized carbons (Fsp3) is 0.333. The summed E-state index contributed by atoms with van der Waals surface area (Å²) >= 11 is 0. The number of para-hydroxylation sites is 1. The van der Waals surface area contributed by atoms with Crippen LogP contribution in [0.25, 0.3) is 0 Å². The Hall–Kier alpha value is -3.09. The molecule has 1 heterocycles. The number of fused-ring (bicyclic) bond motifs is 1. The molecule has 1 unspecified atom stereocenters. The van der Waals surface area contributed by atoms with E-state index in [1.807, 2.05) is 24.3 Å². The summed E-state index contributed by atoms with van der Waals surface area (Å²) in [5.41, 5.74) is 2.66. The predicted molar refractivity (Wildman–Crippen MR) is 105 cm³/mol. The first kappa shape index (κ1) is 19.7. The lowest BCUT2D eigenvalue weighted by atomic mass is 10.2. The number of carbonyl (C=O) groups excluding carboxylic acids is 2. The lowest BCUT2D eigenvalue weighted by Gasteiger charge is -2.25. The molecule has 0 saturated carbocycles. The van der Waals surface area contributed by atoms with Gasteiger partial charge in [-0.25, -0.2) is 9.18 Å². The van der Waals surface area contributed by atoms with Gasteiger partial charge in [-0.2, -0.15) is 0 Å². The molecule has 1 N–H and O–H groups in total. The number of amides is 3. The second kappa shape index (κ2) is 8.29. The van der Waals surface area contributed by atoms with Gasteiger partial charge in [0.1, 0.15) is 6.04 Å². The van der Waals surface area contributed by atoms with Crippen LogP contribution in [0, 0.1) is 5.82 Å². The Bertz CT molecular complexity index is 887. The van der Waals surface area contributed by atoms with Crippen LogP contribution in [0.15, 0.2) is 42.5 Å². The third-order valence-corrected chi connectivity index (χ3v) is 4.85. The molecule has 2 aromatic carbocycles. The highest BCUT2D eigenvalue weighted by Gasteiger charge is 2.29. The molecule has 2 aromatic rings. The number of methoxy groups -OCH3 is 1. The van der Waals surface area contributed by atoms with Gasteiger partial charge in [0.05, 0.1) is 7.11 Å². The summed E-state index contributed by atoms with van der Waals surface area (Å²) in [7, 11) is 2.99. The Morgan fingerprint density at radius 1 is 1.29 bits per heavy atom. The van der Waals surface area contributed by atoms with Gasteiger partial charge in [0.15, 0.2) is 11.6 Å². The maximum absolute atomic E-state index is 13.8. The van der Waals surface area contributed by atoms with Crippen molar-refractivity contribution in [3.05, 3.63) is 59.4 Å². The van der Waals surface area contributed by atoms with Gasteiger partial charge in [-0.05, 0) is 42.7 Å². The standard InChI is InChI=1S/C21H24FN3O3/c1-14(20(26)25-11-10-16-6-4-5-7-18(16)25)23-21(27)24(2)13-15-8-9-19(28-3)17(22)12-15/h4-9,12,14H,10-11,13H2,1-3H3,(H,23,27). The van der Waals surface area contributed by atoms with Crippen molar-refractivity contribution in [1.29, 1.82) is 0 Å².